The third-order valence-corrected chi connectivity index (χ3v) is 6.10. The van der Waals surface area contributed by atoms with Crippen molar-refractivity contribution in [1.82, 2.24) is 4.90 Å². The fourth-order valence-electron chi connectivity index (χ4n) is 3.46. The van der Waals surface area contributed by atoms with Crippen LogP contribution in [0.2, 0.25) is 20.1 Å². The average Bonchev–Trinajstić information content (AvgIpc) is 2.61. The summed E-state index contributed by atoms with van der Waals surface area (Å²) in [7, 11) is 0. The Bertz CT molecular complexity index is 827. The number of carboxylic acids is 1. The first-order chi connectivity index (χ1) is 12.4. The summed E-state index contributed by atoms with van der Waals surface area (Å²) in [6.45, 7) is 1.16. The molecular weight excluding hydrogens is 416 g/mol. The molecule has 1 N–H and O–H groups in total. The number of carboxylic acid groups (broad SMARTS) is 1. The van der Waals surface area contributed by atoms with Crippen LogP contribution in [0.25, 0.3) is 0 Å². The number of piperidine rings is 1. The highest BCUT2D eigenvalue weighted by Gasteiger charge is 2.33. The predicted octanol–water partition coefficient (Wildman–Crippen LogP) is 6.19. The molecule has 3 rings (SSSR count). The predicted molar refractivity (Wildman–Crippen MR) is 107 cm³/mol. The van der Waals surface area contributed by atoms with Crippen LogP contribution in [-0.2, 0) is 4.79 Å². The Kier molecular flexibility index (Phi) is 6.37. The van der Waals surface area contributed by atoms with Gasteiger partial charge in [0.15, 0.2) is 0 Å². The Balaban J connectivity index is 2.10. The maximum Gasteiger partial charge on any atom is 0.307 e. The maximum atomic E-state index is 11.5. The van der Waals surface area contributed by atoms with Crippen molar-refractivity contribution in [3.63, 3.8) is 0 Å². The summed E-state index contributed by atoms with van der Waals surface area (Å²) in [5, 5.41) is 11.4. The lowest BCUT2D eigenvalue weighted by molar-refractivity contribution is -0.143. The van der Waals surface area contributed by atoms with Crippen molar-refractivity contribution >= 4 is 52.4 Å². The van der Waals surface area contributed by atoms with E-state index in [0.717, 1.165) is 24.1 Å². The van der Waals surface area contributed by atoms with Crippen molar-refractivity contribution in [2.45, 2.75) is 18.9 Å². The lowest BCUT2D eigenvalue weighted by atomic mass is 9.91. The molecule has 0 aliphatic carbocycles. The van der Waals surface area contributed by atoms with Crippen LogP contribution < -0.4 is 0 Å². The number of nitrogens with zero attached hydrogens (tertiary/aromatic N) is 1. The van der Waals surface area contributed by atoms with Gasteiger partial charge in [-0.2, -0.15) is 0 Å². The van der Waals surface area contributed by atoms with Gasteiger partial charge < -0.3 is 5.11 Å². The molecule has 2 aromatic rings. The molecule has 1 heterocycles. The van der Waals surface area contributed by atoms with Crippen molar-refractivity contribution in [2.24, 2.45) is 5.92 Å². The highest BCUT2D eigenvalue weighted by Crippen LogP contribution is 2.41. The Morgan fingerprint density at radius 2 is 1.85 bits per heavy atom. The Hall–Kier alpha value is -0.970. The summed E-state index contributed by atoms with van der Waals surface area (Å²) < 4.78 is 0. The maximum absolute atomic E-state index is 11.5. The summed E-state index contributed by atoms with van der Waals surface area (Å²) in [6.07, 6.45) is 1.45. The van der Waals surface area contributed by atoms with Crippen molar-refractivity contribution < 1.29 is 9.90 Å². The van der Waals surface area contributed by atoms with Crippen molar-refractivity contribution in [3.05, 3.63) is 67.6 Å². The van der Waals surface area contributed by atoms with E-state index in [9.17, 15) is 9.90 Å². The number of halogens is 4. The molecule has 0 spiro atoms. The lowest BCUT2D eigenvalue weighted by Crippen LogP contribution is -2.41. The molecule has 2 atom stereocenters. The second-order valence-corrected chi connectivity index (χ2v) is 8.01. The van der Waals surface area contributed by atoms with Crippen LogP contribution in [0.15, 0.2) is 36.4 Å². The van der Waals surface area contributed by atoms with Gasteiger partial charge in [-0.1, -0.05) is 64.6 Å². The Morgan fingerprint density at radius 1 is 1.08 bits per heavy atom. The highest BCUT2D eigenvalue weighted by atomic mass is 35.5. The fraction of sp³-hybridized carbons (Fsp3) is 0.316. The minimum atomic E-state index is -0.784. The standard InChI is InChI=1S/C19H17Cl4NO2/c20-12-6-7-13(16(22)9-12)18(14-4-1-5-15(21)17(14)23)24-8-2-3-11(10-24)19(25)26/h1,4-7,9,11,18H,2-3,8,10H2,(H,25,26). The van der Waals surface area contributed by atoms with E-state index in [-0.39, 0.29) is 6.04 Å². The second-order valence-electron chi connectivity index (χ2n) is 6.38. The van der Waals surface area contributed by atoms with Gasteiger partial charge >= 0.3 is 5.97 Å². The molecule has 0 saturated carbocycles. The second kappa shape index (κ2) is 8.37. The zero-order valence-electron chi connectivity index (χ0n) is 13.8. The molecule has 2 unspecified atom stereocenters. The van der Waals surface area contributed by atoms with Gasteiger partial charge in [0.2, 0.25) is 0 Å². The number of benzene rings is 2. The summed E-state index contributed by atoms with van der Waals surface area (Å²) in [5.41, 5.74) is 1.63. The first-order valence-corrected chi connectivity index (χ1v) is 9.75. The molecule has 0 radical (unpaired) electrons. The van der Waals surface area contributed by atoms with Crippen molar-refractivity contribution in [2.75, 3.05) is 13.1 Å². The summed E-state index contributed by atoms with van der Waals surface area (Å²) in [6, 6.07) is 10.5. The van der Waals surface area contributed by atoms with Gasteiger partial charge in [-0.15, -0.1) is 0 Å². The number of likely N-dealkylation sites (tertiary alicyclic amines) is 1. The Morgan fingerprint density at radius 3 is 2.54 bits per heavy atom. The van der Waals surface area contributed by atoms with Crippen LogP contribution in [0, 0.1) is 5.92 Å². The minimum absolute atomic E-state index is 0.298. The summed E-state index contributed by atoms with van der Waals surface area (Å²) in [5.74, 6) is -1.21. The molecule has 26 heavy (non-hydrogen) atoms. The largest absolute Gasteiger partial charge is 0.481 e. The van der Waals surface area contributed by atoms with E-state index in [0.29, 0.717) is 33.1 Å². The molecule has 3 nitrogen and oxygen atoms in total. The van der Waals surface area contributed by atoms with Crippen LogP contribution in [-0.4, -0.2) is 29.1 Å². The quantitative estimate of drug-likeness (QED) is 0.626. The third kappa shape index (κ3) is 4.13. The average molecular weight is 433 g/mol. The summed E-state index contributed by atoms with van der Waals surface area (Å²) >= 11 is 25.3. The van der Waals surface area contributed by atoms with E-state index < -0.39 is 11.9 Å². The summed E-state index contributed by atoms with van der Waals surface area (Å²) in [4.78, 5) is 13.6. The lowest BCUT2D eigenvalue weighted by Gasteiger charge is -2.38. The number of hydrogen-bond donors (Lipinski definition) is 1. The van der Waals surface area contributed by atoms with Gasteiger partial charge in [-0.3, -0.25) is 9.69 Å². The van der Waals surface area contributed by atoms with Gasteiger partial charge in [0.05, 0.1) is 22.0 Å². The minimum Gasteiger partial charge on any atom is -0.481 e. The van der Waals surface area contributed by atoms with E-state index in [1.54, 1.807) is 18.2 Å². The van der Waals surface area contributed by atoms with Gasteiger partial charge in [-0.25, -0.2) is 0 Å². The molecule has 0 aromatic heterocycles. The molecule has 138 valence electrons. The SMILES string of the molecule is O=C(O)C1CCCN(C(c2ccc(Cl)cc2Cl)c2cccc(Cl)c2Cl)C1. The molecule has 7 heteroatoms. The third-order valence-electron chi connectivity index (χ3n) is 4.70. The van der Waals surface area contributed by atoms with E-state index in [2.05, 4.69) is 4.90 Å². The number of carbonyl (C=O) groups is 1. The fourth-order valence-corrected chi connectivity index (χ4v) is 4.38. The van der Waals surface area contributed by atoms with Crippen LogP contribution >= 0.6 is 46.4 Å². The molecule has 0 bridgehead atoms. The number of rotatable bonds is 4. The van der Waals surface area contributed by atoms with Crippen LogP contribution in [0.4, 0.5) is 0 Å². The molecule has 1 fully saturated rings. The molecular formula is C19H17Cl4NO2. The Labute approximate surface area is 172 Å². The topological polar surface area (TPSA) is 40.5 Å². The van der Waals surface area contributed by atoms with Crippen molar-refractivity contribution in [1.29, 1.82) is 0 Å². The molecule has 0 amide bonds. The normalized spacial score (nSPS) is 19.3. The zero-order valence-corrected chi connectivity index (χ0v) is 16.8. The molecule has 1 aliphatic rings. The first-order valence-electron chi connectivity index (χ1n) is 8.24. The van der Waals surface area contributed by atoms with Crippen molar-refractivity contribution in [3.8, 4) is 0 Å². The van der Waals surface area contributed by atoms with E-state index >= 15 is 0 Å². The molecule has 1 saturated heterocycles. The first kappa shape index (κ1) is 19.8. The van der Waals surface area contributed by atoms with Crippen LogP contribution in [0.3, 0.4) is 0 Å². The van der Waals surface area contributed by atoms with Gasteiger partial charge in [0.25, 0.3) is 0 Å². The van der Waals surface area contributed by atoms with E-state index in [1.807, 2.05) is 18.2 Å². The van der Waals surface area contributed by atoms with Crippen LogP contribution in [0.5, 0.6) is 0 Å². The van der Waals surface area contributed by atoms with E-state index in [4.69, 9.17) is 46.4 Å². The highest BCUT2D eigenvalue weighted by molar-refractivity contribution is 6.42. The number of aliphatic carboxylic acids is 1. The van der Waals surface area contributed by atoms with Gasteiger partial charge in [0.1, 0.15) is 0 Å². The van der Waals surface area contributed by atoms with Gasteiger partial charge in [0, 0.05) is 16.6 Å². The van der Waals surface area contributed by atoms with Gasteiger partial charge in [-0.05, 0) is 48.7 Å². The monoisotopic (exact) mass is 431 g/mol. The number of hydrogen-bond acceptors (Lipinski definition) is 2. The zero-order chi connectivity index (χ0) is 18.8. The molecule has 2 aromatic carbocycles. The van der Waals surface area contributed by atoms with Crippen LogP contribution in [0.1, 0.15) is 30.0 Å². The molecule has 1 aliphatic heterocycles. The van der Waals surface area contributed by atoms with E-state index in [1.165, 1.54) is 0 Å². The smallest absolute Gasteiger partial charge is 0.307 e.